The molecule has 1 aromatic carbocycles. The van der Waals surface area contributed by atoms with Gasteiger partial charge in [0.1, 0.15) is 11.6 Å². The third-order valence-electron chi connectivity index (χ3n) is 7.55. The Morgan fingerprint density at radius 1 is 0.900 bits per heavy atom. The smallest absolute Gasteiger partial charge is 0.236 e. The number of piperazine rings is 1. The van der Waals surface area contributed by atoms with Gasteiger partial charge in [0.25, 0.3) is 0 Å². The summed E-state index contributed by atoms with van der Waals surface area (Å²) < 4.78 is 10.9. The quantitative estimate of drug-likeness (QED) is 0.235. The third kappa shape index (κ3) is 8.20. The van der Waals surface area contributed by atoms with Crippen LogP contribution in [0.5, 0.6) is 0 Å². The molecule has 12 heteroatoms. The number of nitrogens with zero attached hydrogens (tertiary/aromatic N) is 6. The van der Waals surface area contributed by atoms with Crippen LogP contribution in [-0.4, -0.2) is 130 Å². The molecule has 0 unspecified atom stereocenters. The molecule has 0 spiro atoms. The molecule has 218 valence electrons. The van der Waals surface area contributed by atoms with Crippen LogP contribution >= 0.6 is 11.8 Å². The number of hydrogen-bond donors (Lipinski definition) is 2. The number of amides is 1. The van der Waals surface area contributed by atoms with E-state index in [0.29, 0.717) is 19.6 Å². The number of aromatic nitrogens is 2. The summed E-state index contributed by atoms with van der Waals surface area (Å²) in [6, 6.07) is 10.5. The van der Waals surface area contributed by atoms with Crippen molar-refractivity contribution in [2.24, 2.45) is 0 Å². The summed E-state index contributed by atoms with van der Waals surface area (Å²) in [5, 5.41) is 7.51. The van der Waals surface area contributed by atoms with Gasteiger partial charge in [0, 0.05) is 69.8 Å². The molecule has 2 aromatic rings. The molecule has 0 saturated carbocycles. The Morgan fingerprint density at radius 2 is 1.60 bits per heavy atom. The van der Waals surface area contributed by atoms with Gasteiger partial charge in [0.15, 0.2) is 5.16 Å². The zero-order chi connectivity index (χ0) is 27.6. The number of anilines is 4. The predicted molar refractivity (Wildman–Crippen MR) is 160 cm³/mol. The molecule has 4 heterocycles. The number of morpholine rings is 2. The molecule has 40 heavy (non-hydrogen) atoms. The van der Waals surface area contributed by atoms with Crippen molar-refractivity contribution >= 4 is 40.7 Å². The van der Waals surface area contributed by atoms with E-state index in [-0.39, 0.29) is 5.91 Å². The highest BCUT2D eigenvalue weighted by Gasteiger charge is 2.23. The largest absolute Gasteiger partial charge is 0.379 e. The number of nitrogens with one attached hydrogen (secondary N) is 2. The lowest BCUT2D eigenvalue weighted by molar-refractivity contribution is -0.130. The molecule has 5 rings (SSSR count). The van der Waals surface area contributed by atoms with Crippen molar-refractivity contribution < 1.29 is 14.3 Å². The minimum Gasteiger partial charge on any atom is -0.379 e. The van der Waals surface area contributed by atoms with Crippen molar-refractivity contribution in [1.29, 1.82) is 0 Å². The predicted octanol–water partition coefficient (Wildman–Crippen LogP) is 1.74. The van der Waals surface area contributed by atoms with Crippen molar-refractivity contribution in [2.75, 3.05) is 120 Å². The van der Waals surface area contributed by atoms with Gasteiger partial charge in [-0.3, -0.25) is 9.69 Å². The fourth-order valence-corrected chi connectivity index (χ4v) is 5.57. The molecule has 3 aliphatic rings. The van der Waals surface area contributed by atoms with E-state index in [4.69, 9.17) is 14.5 Å². The lowest BCUT2D eigenvalue weighted by Gasteiger charge is -2.35. The maximum absolute atomic E-state index is 12.8. The van der Waals surface area contributed by atoms with Crippen LogP contribution in [0.4, 0.5) is 23.0 Å². The average molecular weight is 571 g/mol. The Hall–Kier alpha value is -2.64. The van der Waals surface area contributed by atoms with Crippen LogP contribution in [0.15, 0.2) is 35.5 Å². The van der Waals surface area contributed by atoms with Crippen LogP contribution in [-0.2, 0) is 14.3 Å². The summed E-state index contributed by atoms with van der Waals surface area (Å²) in [7, 11) is 0. The second-order valence-electron chi connectivity index (χ2n) is 10.2. The molecule has 11 nitrogen and oxygen atoms in total. The van der Waals surface area contributed by atoms with Crippen molar-refractivity contribution in [3.05, 3.63) is 30.3 Å². The van der Waals surface area contributed by atoms with Crippen LogP contribution in [0, 0.1) is 0 Å². The summed E-state index contributed by atoms with van der Waals surface area (Å²) in [6.45, 7) is 12.2. The number of carbonyl (C=O) groups excluding carboxylic acids is 1. The van der Waals surface area contributed by atoms with Gasteiger partial charge in [-0.05, 0) is 50.0 Å². The van der Waals surface area contributed by atoms with Gasteiger partial charge >= 0.3 is 0 Å². The number of hydrogen-bond acceptors (Lipinski definition) is 11. The number of ether oxygens (including phenoxy) is 2. The molecule has 3 saturated heterocycles. The summed E-state index contributed by atoms with van der Waals surface area (Å²) in [5.74, 6) is 1.83. The van der Waals surface area contributed by atoms with E-state index < -0.39 is 0 Å². The van der Waals surface area contributed by atoms with Crippen LogP contribution in [0.25, 0.3) is 0 Å². The Labute approximate surface area is 241 Å². The summed E-state index contributed by atoms with van der Waals surface area (Å²) in [6.07, 6.45) is 3.03. The van der Waals surface area contributed by atoms with Gasteiger partial charge in [-0.2, -0.15) is 0 Å². The van der Waals surface area contributed by atoms with Crippen molar-refractivity contribution in [2.45, 2.75) is 11.6 Å². The van der Waals surface area contributed by atoms with Crippen LogP contribution in [0.3, 0.4) is 0 Å². The summed E-state index contributed by atoms with van der Waals surface area (Å²) in [5.41, 5.74) is 2.19. The van der Waals surface area contributed by atoms with E-state index in [0.717, 1.165) is 108 Å². The highest BCUT2D eigenvalue weighted by Crippen LogP contribution is 2.25. The monoisotopic (exact) mass is 570 g/mol. The zero-order valence-electron chi connectivity index (χ0n) is 23.5. The summed E-state index contributed by atoms with van der Waals surface area (Å²) >= 11 is 1.53. The third-order valence-corrected chi connectivity index (χ3v) is 8.10. The first-order valence-corrected chi connectivity index (χ1v) is 15.6. The first-order valence-electron chi connectivity index (χ1n) is 14.3. The number of benzene rings is 1. The SMILES string of the molecule is CSc1nc(Nc2ccc(N3CCOCC3)cc2)cc(N2CCN(C(=O)CNCCCN3CCOCC3)CC2)n1. The number of carbonyl (C=O) groups is 1. The highest BCUT2D eigenvalue weighted by molar-refractivity contribution is 7.98. The number of thioether (sulfide) groups is 1. The Balaban J connectivity index is 1.08. The molecule has 0 aliphatic carbocycles. The molecule has 0 bridgehead atoms. The minimum atomic E-state index is 0.168. The molecule has 3 aliphatic heterocycles. The van der Waals surface area contributed by atoms with E-state index in [1.807, 2.05) is 17.2 Å². The zero-order valence-corrected chi connectivity index (χ0v) is 24.3. The maximum atomic E-state index is 12.8. The lowest BCUT2D eigenvalue weighted by atomic mass is 10.2. The van der Waals surface area contributed by atoms with Gasteiger partial charge in [-0.15, -0.1) is 0 Å². The Morgan fingerprint density at radius 3 is 2.30 bits per heavy atom. The summed E-state index contributed by atoms with van der Waals surface area (Å²) in [4.78, 5) is 31.2. The highest BCUT2D eigenvalue weighted by atomic mass is 32.2. The van der Waals surface area contributed by atoms with Crippen molar-refractivity contribution in [1.82, 2.24) is 25.1 Å². The lowest BCUT2D eigenvalue weighted by Crippen LogP contribution is -2.51. The van der Waals surface area contributed by atoms with E-state index in [2.05, 4.69) is 54.6 Å². The maximum Gasteiger partial charge on any atom is 0.236 e. The van der Waals surface area contributed by atoms with Gasteiger partial charge < -0.3 is 34.8 Å². The standard InChI is InChI=1S/C28H42N8O3S/c1-40-28-31-25(30-23-3-5-24(6-4-23)34-15-19-39-20-16-34)21-26(32-28)35-9-11-36(12-10-35)27(37)22-29-7-2-8-33-13-17-38-18-14-33/h3-6,21,29H,2,7-20,22H2,1H3,(H,30,31,32). The first-order chi connectivity index (χ1) is 19.7. The van der Waals surface area contributed by atoms with Gasteiger partial charge in [-0.25, -0.2) is 9.97 Å². The minimum absolute atomic E-state index is 0.168. The van der Waals surface area contributed by atoms with Gasteiger partial charge in [0.2, 0.25) is 5.91 Å². The first kappa shape index (κ1) is 28.9. The molecule has 1 amide bonds. The normalized spacial score (nSPS) is 18.7. The van der Waals surface area contributed by atoms with Crippen molar-refractivity contribution in [3.8, 4) is 0 Å². The molecular weight excluding hydrogens is 528 g/mol. The van der Waals surface area contributed by atoms with E-state index in [1.165, 1.54) is 17.4 Å². The molecule has 3 fully saturated rings. The van der Waals surface area contributed by atoms with E-state index in [1.54, 1.807) is 0 Å². The van der Waals surface area contributed by atoms with Crippen molar-refractivity contribution in [3.63, 3.8) is 0 Å². The van der Waals surface area contributed by atoms with E-state index in [9.17, 15) is 4.79 Å². The van der Waals surface area contributed by atoms with Crippen LogP contribution in [0.1, 0.15) is 6.42 Å². The molecule has 0 atom stereocenters. The van der Waals surface area contributed by atoms with E-state index >= 15 is 0 Å². The Kier molecular flexibility index (Phi) is 10.7. The second-order valence-corrected chi connectivity index (χ2v) is 11.0. The van der Waals surface area contributed by atoms with Gasteiger partial charge in [0.05, 0.1) is 33.0 Å². The molecule has 0 radical (unpaired) electrons. The fourth-order valence-electron chi connectivity index (χ4n) is 5.20. The molecule has 2 N–H and O–H groups in total. The topological polar surface area (TPSA) is 98.3 Å². The van der Waals surface area contributed by atoms with Gasteiger partial charge in [-0.1, -0.05) is 11.8 Å². The van der Waals surface area contributed by atoms with Crippen LogP contribution in [0.2, 0.25) is 0 Å². The fraction of sp³-hybridized carbons (Fsp3) is 0.607. The Bertz CT molecular complexity index is 1070. The van der Waals surface area contributed by atoms with Crippen LogP contribution < -0.4 is 20.4 Å². The second kappa shape index (κ2) is 14.8. The average Bonchev–Trinajstić information content (AvgIpc) is 3.02. The molecule has 1 aromatic heterocycles. The number of rotatable bonds is 11. The molecular formula is C28H42N8O3S.